The summed E-state index contributed by atoms with van der Waals surface area (Å²) >= 11 is 0. The summed E-state index contributed by atoms with van der Waals surface area (Å²) in [6.07, 6.45) is 4.01. The summed E-state index contributed by atoms with van der Waals surface area (Å²) in [4.78, 5) is 9.99. The summed E-state index contributed by atoms with van der Waals surface area (Å²) in [5.41, 5.74) is 0. The van der Waals surface area contributed by atoms with Gasteiger partial charge in [0.25, 0.3) is 0 Å². The average molecular weight is 162 g/mol. The lowest BCUT2D eigenvalue weighted by Crippen LogP contribution is -1.85. The van der Waals surface area contributed by atoms with Gasteiger partial charge in [0.2, 0.25) is 0 Å². The van der Waals surface area contributed by atoms with Crippen molar-refractivity contribution in [2.24, 2.45) is 0 Å². The van der Waals surface area contributed by atoms with Gasteiger partial charge in [0, 0.05) is 12.5 Å². The third-order valence-corrected chi connectivity index (χ3v) is 0.972. The number of rotatable bonds is 3. The van der Waals surface area contributed by atoms with E-state index in [9.17, 15) is 4.79 Å². The van der Waals surface area contributed by atoms with Crippen LogP contribution in [0.5, 0.6) is 0 Å². The molecule has 12 heavy (non-hydrogen) atoms. The lowest BCUT2D eigenvalue weighted by molar-refractivity contribution is -0.131. The number of carbonyl (C=O) groups is 1. The Hall–Kier alpha value is -1.67. The normalized spacial score (nSPS) is 8.08. The molecule has 0 aliphatic carbocycles. The Labute approximate surface area is 72.3 Å². The van der Waals surface area contributed by atoms with Crippen LogP contribution in [-0.2, 0) is 4.79 Å². The van der Waals surface area contributed by atoms with Gasteiger partial charge in [0.05, 0.1) is 0 Å². The maximum Gasteiger partial charge on any atom is 0.327 e. The highest BCUT2D eigenvalue weighted by Crippen LogP contribution is 1.87. The fourth-order valence-corrected chi connectivity index (χ4v) is 0.509. The molecule has 62 valence electrons. The maximum atomic E-state index is 9.99. The van der Waals surface area contributed by atoms with E-state index in [2.05, 4.69) is 23.7 Å². The minimum absolute atomic E-state index is 0.651. The van der Waals surface area contributed by atoms with E-state index in [4.69, 9.17) is 5.11 Å². The zero-order valence-electron chi connectivity index (χ0n) is 6.92. The van der Waals surface area contributed by atoms with Crippen molar-refractivity contribution < 1.29 is 9.90 Å². The molecular weight excluding hydrogens is 152 g/mol. The molecule has 0 atom stereocenters. The van der Waals surface area contributed by atoms with Gasteiger partial charge in [-0.2, -0.15) is 0 Å². The largest absolute Gasteiger partial charge is 0.478 e. The number of hydrogen-bond donors (Lipinski definition) is 1. The molecule has 0 aromatic carbocycles. The molecule has 0 aliphatic heterocycles. The van der Waals surface area contributed by atoms with E-state index < -0.39 is 5.97 Å². The van der Waals surface area contributed by atoms with E-state index in [1.807, 2.05) is 0 Å². The van der Waals surface area contributed by atoms with Gasteiger partial charge >= 0.3 is 5.97 Å². The van der Waals surface area contributed by atoms with E-state index in [0.29, 0.717) is 12.8 Å². The lowest BCUT2D eigenvalue weighted by atomic mass is 10.3. The smallest absolute Gasteiger partial charge is 0.327 e. The van der Waals surface area contributed by atoms with Gasteiger partial charge in [0.15, 0.2) is 0 Å². The third-order valence-electron chi connectivity index (χ3n) is 0.972. The molecule has 0 heterocycles. The van der Waals surface area contributed by atoms with Crippen LogP contribution in [0.3, 0.4) is 0 Å². The summed E-state index contributed by atoms with van der Waals surface area (Å²) in [7, 11) is 0. The molecular formula is C10H10O2. The van der Waals surface area contributed by atoms with Crippen LogP contribution in [0.2, 0.25) is 0 Å². The molecule has 0 aromatic rings. The third kappa shape index (κ3) is 8.33. The Balaban J connectivity index is 3.51. The second-order valence-electron chi connectivity index (χ2n) is 1.96. The van der Waals surface area contributed by atoms with Gasteiger partial charge in [0.1, 0.15) is 0 Å². The monoisotopic (exact) mass is 162 g/mol. The number of unbranched alkanes of at least 4 members (excludes halogenated alkanes) is 1. The number of allylic oxidation sites excluding steroid dienone is 1. The number of carboxylic acids is 1. The maximum absolute atomic E-state index is 9.99. The van der Waals surface area contributed by atoms with Crippen LogP contribution in [0.25, 0.3) is 0 Å². The van der Waals surface area contributed by atoms with Crippen molar-refractivity contribution in [3.63, 3.8) is 0 Å². The van der Waals surface area contributed by atoms with Gasteiger partial charge in [-0.3, -0.25) is 0 Å². The quantitative estimate of drug-likeness (QED) is 0.387. The van der Waals surface area contributed by atoms with Gasteiger partial charge < -0.3 is 5.11 Å². The molecule has 1 N–H and O–H groups in total. The van der Waals surface area contributed by atoms with Crippen molar-refractivity contribution in [1.29, 1.82) is 0 Å². The minimum atomic E-state index is -0.920. The molecule has 0 rings (SSSR count). The number of aliphatic carboxylic acids is 1. The molecule has 0 fully saturated rings. The van der Waals surface area contributed by atoms with Crippen LogP contribution in [0.15, 0.2) is 12.2 Å². The van der Waals surface area contributed by atoms with Crippen LogP contribution in [0, 0.1) is 23.7 Å². The van der Waals surface area contributed by atoms with E-state index in [-0.39, 0.29) is 0 Å². The van der Waals surface area contributed by atoms with Crippen LogP contribution in [0.4, 0.5) is 0 Å². The van der Waals surface area contributed by atoms with Crippen molar-refractivity contribution in [2.75, 3.05) is 0 Å². The van der Waals surface area contributed by atoms with Crippen molar-refractivity contribution in [3.05, 3.63) is 12.2 Å². The van der Waals surface area contributed by atoms with Crippen LogP contribution in [0.1, 0.15) is 19.8 Å². The fraction of sp³-hybridized carbons (Fsp3) is 0.300. The minimum Gasteiger partial charge on any atom is -0.478 e. The molecule has 0 unspecified atom stereocenters. The van der Waals surface area contributed by atoms with Crippen LogP contribution in [-0.4, -0.2) is 11.1 Å². The van der Waals surface area contributed by atoms with Crippen molar-refractivity contribution in [2.45, 2.75) is 19.8 Å². The second kappa shape index (κ2) is 7.44. The molecule has 0 bridgehead atoms. The van der Waals surface area contributed by atoms with E-state index in [1.165, 1.54) is 0 Å². The molecule has 0 aromatic heterocycles. The standard InChI is InChI=1S/C10H10O2/c1-2-3-4-5-6-7-8-9-10(11)12/h8-9H,6-7H2,1H3,(H,11,12)/b9-8-. The Bertz CT molecular complexity index is 278. The lowest BCUT2D eigenvalue weighted by Gasteiger charge is -1.80. The second-order valence-corrected chi connectivity index (χ2v) is 1.96. The van der Waals surface area contributed by atoms with Gasteiger partial charge in [-0.05, 0) is 25.2 Å². The van der Waals surface area contributed by atoms with E-state index in [1.54, 1.807) is 13.0 Å². The Morgan fingerprint density at radius 3 is 2.83 bits per heavy atom. The van der Waals surface area contributed by atoms with Crippen molar-refractivity contribution in [1.82, 2.24) is 0 Å². The van der Waals surface area contributed by atoms with Crippen molar-refractivity contribution >= 4 is 5.97 Å². The Kier molecular flexibility index (Phi) is 6.40. The van der Waals surface area contributed by atoms with E-state index in [0.717, 1.165) is 6.08 Å². The highest BCUT2D eigenvalue weighted by Gasteiger charge is 1.82. The highest BCUT2D eigenvalue weighted by molar-refractivity contribution is 5.79. The topological polar surface area (TPSA) is 37.3 Å². The van der Waals surface area contributed by atoms with Gasteiger partial charge in [-0.25, -0.2) is 4.79 Å². The van der Waals surface area contributed by atoms with Crippen LogP contribution >= 0.6 is 0 Å². The Morgan fingerprint density at radius 2 is 2.25 bits per heavy atom. The zero-order chi connectivity index (χ0) is 9.23. The molecule has 0 spiro atoms. The molecule has 0 saturated heterocycles. The number of hydrogen-bond acceptors (Lipinski definition) is 1. The predicted octanol–water partition coefficient (Wildman–Crippen LogP) is 1.43. The first kappa shape index (κ1) is 10.3. The van der Waals surface area contributed by atoms with Gasteiger partial charge in [-0.1, -0.05) is 17.9 Å². The SMILES string of the molecule is CC#CC#CCC/C=C\C(=O)O. The number of carboxylic acid groups (broad SMARTS) is 1. The van der Waals surface area contributed by atoms with E-state index >= 15 is 0 Å². The molecule has 0 radical (unpaired) electrons. The molecule has 0 saturated carbocycles. The fourth-order valence-electron chi connectivity index (χ4n) is 0.509. The first-order valence-electron chi connectivity index (χ1n) is 3.56. The zero-order valence-corrected chi connectivity index (χ0v) is 6.92. The molecule has 2 heteroatoms. The first-order valence-corrected chi connectivity index (χ1v) is 3.56. The van der Waals surface area contributed by atoms with Crippen LogP contribution < -0.4 is 0 Å². The highest BCUT2D eigenvalue weighted by atomic mass is 16.4. The molecule has 2 nitrogen and oxygen atoms in total. The summed E-state index contributed by atoms with van der Waals surface area (Å²) in [5, 5.41) is 8.21. The Morgan fingerprint density at radius 1 is 1.50 bits per heavy atom. The first-order chi connectivity index (χ1) is 5.77. The van der Waals surface area contributed by atoms with Gasteiger partial charge in [-0.15, -0.1) is 0 Å². The summed E-state index contributed by atoms with van der Waals surface area (Å²) in [5.74, 6) is 9.74. The average Bonchev–Trinajstić information content (AvgIpc) is 2.02. The summed E-state index contributed by atoms with van der Waals surface area (Å²) in [6, 6.07) is 0. The summed E-state index contributed by atoms with van der Waals surface area (Å²) in [6.45, 7) is 1.72. The van der Waals surface area contributed by atoms with Crippen molar-refractivity contribution in [3.8, 4) is 23.7 Å². The summed E-state index contributed by atoms with van der Waals surface area (Å²) < 4.78 is 0. The predicted molar refractivity (Wildman–Crippen MR) is 47.2 cm³/mol. The molecule has 0 aliphatic rings. The molecule has 0 amide bonds.